The van der Waals surface area contributed by atoms with E-state index in [-0.39, 0.29) is 0 Å². The van der Waals surface area contributed by atoms with E-state index in [4.69, 9.17) is 16.3 Å². The van der Waals surface area contributed by atoms with Gasteiger partial charge in [0.1, 0.15) is 0 Å². The van der Waals surface area contributed by atoms with Gasteiger partial charge in [-0.2, -0.15) is 0 Å². The summed E-state index contributed by atoms with van der Waals surface area (Å²) in [5.74, 6) is 0.586. The first-order valence-corrected chi connectivity index (χ1v) is 7.02. The summed E-state index contributed by atoms with van der Waals surface area (Å²) in [6.07, 6.45) is 2.49. The summed E-state index contributed by atoms with van der Waals surface area (Å²) in [6.45, 7) is 5.07. The average Bonchev–Trinajstić information content (AvgIpc) is 2.75. The van der Waals surface area contributed by atoms with Gasteiger partial charge < -0.3 is 10.1 Å². The van der Waals surface area contributed by atoms with Crippen LogP contribution in [-0.4, -0.2) is 25.8 Å². The molecule has 2 rings (SSSR count). The molecule has 2 nitrogen and oxygen atoms in total. The van der Waals surface area contributed by atoms with Crippen LogP contribution >= 0.6 is 11.6 Å². The van der Waals surface area contributed by atoms with Crippen LogP contribution in [0.2, 0.25) is 5.02 Å². The van der Waals surface area contributed by atoms with Gasteiger partial charge in [0.25, 0.3) is 0 Å². The third kappa shape index (κ3) is 3.25. The number of nitrogens with one attached hydrogen (secondary N) is 1. The first-order chi connectivity index (χ1) is 8.60. The van der Waals surface area contributed by atoms with Gasteiger partial charge in [-0.1, -0.05) is 23.7 Å². The Labute approximate surface area is 115 Å². The molecule has 1 aliphatic rings. The van der Waals surface area contributed by atoms with E-state index in [9.17, 15) is 0 Å². The zero-order valence-corrected chi connectivity index (χ0v) is 12.1. The van der Waals surface area contributed by atoms with Crippen molar-refractivity contribution in [2.24, 2.45) is 5.92 Å². The number of rotatable bonds is 4. The largest absolute Gasteiger partial charge is 0.378 e. The van der Waals surface area contributed by atoms with Crippen molar-refractivity contribution in [1.29, 1.82) is 0 Å². The molecule has 0 amide bonds. The molecule has 100 valence electrons. The van der Waals surface area contributed by atoms with Crippen LogP contribution in [0.15, 0.2) is 18.2 Å². The minimum absolute atomic E-state index is 0.388. The summed E-state index contributed by atoms with van der Waals surface area (Å²) in [7, 11) is 2.02. The zero-order valence-electron chi connectivity index (χ0n) is 11.4. The minimum atomic E-state index is 0.388. The third-order valence-corrected chi connectivity index (χ3v) is 4.17. The van der Waals surface area contributed by atoms with Crippen molar-refractivity contribution < 1.29 is 4.74 Å². The lowest BCUT2D eigenvalue weighted by atomic mass is 9.91. The molecular weight excluding hydrogens is 246 g/mol. The summed E-state index contributed by atoms with van der Waals surface area (Å²) < 4.78 is 5.66. The van der Waals surface area contributed by atoms with E-state index in [1.54, 1.807) is 0 Å². The maximum atomic E-state index is 6.31. The minimum Gasteiger partial charge on any atom is -0.378 e. The molecule has 1 saturated heterocycles. The Kier molecular flexibility index (Phi) is 4.66. The number of benzene rings is 1. The molecule has 0 aliphatic carbocycles. The second-order valence-corrected chi connectivity index (χ2v) is 5.74. The smallest absolute Gasteiger partial charge is 0.0551 e. The van der Waals surface area contributed by atoms with Gasteiger partial charge in [0.15, 0.2) is 0 Å². The highest BCUT2D eigenvalue weighted by atomic mass is 35.5. The quantitative estimate of drug-likeness (QED) is 0.905. The molecule has 1 aromatic rings. The van der Waals surface area contributed by atoms with Gasteiger partial charge >= 0.3 is 0 Å². The van der Waals surface area contributed by atoms with Crippen LogP contribution in [0.5, 0.6) is 0 Å². The van der Waals surface area contributed by atoms with E-state index in [2.05, 4.69) is 31.3 Å². The maximum absolute atomic E-state index is 6.31. The molecule has 0 radical (unpaired) electrons. The van der Waals surface area contributed by atoms with Gasteiger partial charge in [0.05, 0.1) is 12.7 Å². The predicted octanol–water partition coefficient (Wildman–Crippen LogP) is 3.20. The molecule has 0 spiro atoms. The first kappa shape index (κ1) is 13.9. The summed E-state index contributed by atoms with van der Waals surface area (Å²) >= 11 is 6.31. The molecule has 0 saturated carbocycles. The van der Waals surface area contributed by atoms with E-state index in [0.717, 1.165) is 24.5 Å². The summed E-state index contributed by atoms with van der Waals surface area (Å²) in [5, 5.41) is 4.29. The molecule has 1 heterocycles. The van der Waals surface area contributed by atoms with Crippen molar-refractivity contribution in [3.8, 4) is 0 Å². The lowest BCUT2D eigenvalue weighted by Crippen LogP contribution is -2.36. The molecule has 0 bridgehead atoms. The first-order valence-electron chi connectivity index (χ1n) is 6.64. The van der Waals surface area contributed by atoms with Gasteiger partial charge in [-0.05, 0) is 50.9 Å². The van der Waals surface area contributed by atoms with Gasteiger partial charge in [-0.25, -0.2) is 0 Å². The summed E-state index contributed by atoms with van der Waals surface area (Å²) in [4.78, 5) is 0. The number of hydrogen-bond donors (Lipinski definition) is 1. The molecular formula is C15H22ClNO. The molecule has 3 unspecified atom stereocenters. The molecule has 1 aromatic carbocycles. The lowest BCUT2D eigenvalue weighted by molar-refractivity contribution is 0.117. The Morgan fingerprint density at radius 1 is 1.50 bits per heavy atom. The van der Waals surface area contributed by atoms with Crippen molar-refractivity contribution in [1.82, 2.24) is 5.32 Å². The number of likely N-dealkylation sites (N-methyl/N-ethyl adjacent to an activating group) is 1. The van der Waals surface area contributed by atoms with Crippen LogP contribution in [0.3, 0.4) is 0 Å². The Bertz CT molecular complexity index is 407. The standard InChI is InChI=1S/C15H22ClNO/c1-10-4-5-12(14(16)6-10)8-15(17-3)13-7-11(2)18-9-13/h4-6,11,13,15,17H,7-9H2,1-3H3. The fourth-order valence-corrected chi connectivity index (χ4v) is 3.00. The fourth-order valence-electron chi connectivity index (χ4n) is 2.69. The van der Waals surface area contributed by atoms with Crippen molar-refractivity contribution in [3.63, 3.8) is 0 Å². The normalized spacial score (nSPS) is 25.3. The number of ether oxygens (including phenoxy) is 1. The number of hydrogen-bond acceptors (Lipinski definition) is 2. The number of aryl methyl sites for hydroxylation is 1. The molecule has 3 atom stereocenters. The second-order valence-electron chi connectivity index (χ2n) is 5.33. The topological polar surface area (TPSA) is 21.3 Å². The van der Waals surface area contributed by atoms with Crippen LogP contribution in [0.4, 0.5) is 0 Å². The molecule has 0 aromatic heterocycles. The third-order valence-electron chi connectivity index (χ3n) is 3.82. The number of halogens is 1. The van der Waals surface area contributed by atoms with E-state index in [0.29, 0.717) is 18.1 Å². The predicted molar refractivity (Wildman–Crippen MR) is 76.3 cm³/mol. The van der Waals surface area contributed by atoms with E-state index < -0.39 is 0 Å². The molecule has 1 N–H and O–H groups in total. The van der Waals surface area contributed by atoms with Crippen LogP contribution in [0.1, 0.15) is 24.5 Å². The van der Waals surface area contributed by atoms with Gasteiger partial charge in [0, 0.05) is 17.0 Å². The molecule has 18 heavy (non-hydrogen) atoms. The van der Waals surface area contributed by atoms with Crippen molar-refractivity contribution in [2.75, 3.05) is 13.7 Å². The highest BCUT2D eigenvalue weighted by molar-refractivity contribution is 6.31. The summed E-state index contributed by atoms with van der Waals surface area (Å²) in [5.41, 5.74) is 2.43. The maximum Gasteiger partial charge on any atom is 0.0551 e. The van der Waals surface area contributed by atoms with Crippen LogP contribution < -0.4 is 5.32 Å². The molecule has 3 heteroatoms. The van der Waals surface area contributed by atoms with Gasteiger partial charge in [-0.15, -0.1) is 0 Å². The van der Waals surface area contributed by atoms with Crippen LogP contribution in [0, 0.1) is 12.8 Å². The fraction of sp³-hybridized carbons (Fsp3) is 0.600. The zero-order chi connectivity index (χ0) is 13.1. The van der Waals surface area contributed by atoms with Crippen LogP contribution in [-0.2, 0) is 11.2 Å². The molecule has 1 aliphatic heterocycles. The Morgan fingerprint density at radius 2 is 2.28 bits per heavy atom. The van der Waals surface area contributed by atoms with Gasteiger partial charge in [-0.3, -0.25) is 0 Å². The Morgan fingerprint density at radius 3 is 2.83 bits per heavy atom. The lowest BCUT2D eigenvalue weighted by Gasteiger charge is -2.22. The monoisotopic (exact) mass is 267 g/mol. The van der Waals surface area contributed by atoms with E-state index >= 15 is 0 Å². The highest BCUT2D eigenvalue weighted by Gasteiger charge is 2.29. The van der Waals surface area contributed by atoms with E-state index in [1.807, 2.05) is 13.1 Å². The van der Waals surface area contributed by atoms with Crippen molar-refractivity contribution in [2.45, 2.75) is 38.8 Å². The summed E-state index contributed by atoms with van der Waals surface area (Å²) in [6, 6.07) is 6.75. The second kappa shape index (κ2) is 6.05. The van der Waals surface area contributed by atoms with Gasteiger partial charge in [0.2, 0.25) is 0 Å². The van der Waals surface area contributed by atoms with E-state index in [1.165, 1.54) is 11.1 Å². The Balaban J connectivity index is 2.05. The SMILES string of the molecule is CNC(Cc1ccc(C)cc1Cl)C1COC(C)C1. The average molecular weight is 268 g/mol. The highest BCUT2D eigenvalue weighted by Crippen LogP contribution is 2.26. The van der Waals surface area contributed by atoms with Crippen molar-refractivity contribution >= 4 is 11.6 Å². The Hall–Kier alpha value is -0.570. The van der Waals surface area contributed by atoms with Crippen LogP contribution in [0.25, 0.3) is 0 Å². The molecule has 1 fully saturated rings. The van der Waals surface area contributed by atoms with Crippen molar-refractivity contribution in [3.05, 3.63) is 34.3 Å².